The SMILES string of the molecule is COc1ccsc1C(=O)Nc1cc(/C(N)=N/O)ccc1C. The molecule has 0 spiro atoms. The molecule has 1 heterocycles. The van der Waals surface area contributed by atoms with Crippen molar-refractivity contribution >= 4 is 28.8 Å². The Morgan fingerprint density at radius 2 is 2.19 bits per heavy atom. The van der Waals surface area contributed by atoms with E-state index in [0.717, 1.165) is 5.56 Å². The summed E-state index contributed by atoms with van der Waals surface area (Å²) in [5.41, 5.74) is 7.54. The monoisotopic (exact) mass is 305 g/mol. The molecule has 1 amide bonds. The number of benzene rings is 1. The van der Waals surface area contributed by atoms with Crippen molar-refractivity contribution in [3.63, 3.8) is 0 Å². The topological polar surface area (TPSA) is 96.9 Å². The first-order valence-corrected chi connectivity index (χ1v) is 6.96. The fraction of sp³-hybridized carbons (Fsp3) is 0.143. The molecule has 0 saturated heterocycles. The maximum atomic E-state index is 12.3. The summed E-state index contributed by atoms with van der Waals surface area (Å²) in [6.07, 6.45) is 0. The second-order valence-electron chi connectivity index (χ2n) is 4.29. The molecular formula is C14H15N3O3S. The number of nitrogens with one attached hydrogen (secondary N) is 1. The van der Waals surface area contributed by atoms with Crippen molar-refractivity contribution in [1.82, 2.24) is 0 Å². The lowest BCUT2D eigenvalue weighted by molar-refractivity contribution is 0.102. The number of nitrogens with zero attached hydrogens (tertiary/aromatic N) is 1. The van der Waals surface area contributed by atoms with Gasteiger partial charge >= 0.3 is 0 Å². The summed E-state index contributed by atoms with van der Waals surface area (Å²) in [5, 5.41) is 16.3. The van der Waals surface area contributed by atoms with Crippen LogP contribution in [0, 0.1) is 6.92 Å². The minimum absolute atomic E-state index is 0.0146. The molecule has 1 aromatic heterocycles. The van der Waals surface area contributed by atoms with Crippen LogP contribution in [0.3, 0.4) is 0 Å². The van der Waals surface area contributed by atoms with Crippen LogP contribution < -0.4 is 15.8 Å². The van der Waals surface area contributed by atoms with E-state index in [1.165, 1.54) is 18.4 Å². The number of amidine groups is 1. The molecule has 4 N–H and O–H groups in total. The Balaban J connectivity index is 2.29. The Morgan fingerprint density at radius 3 is 2.86 bits per heavy atom. The van der Waals surface area contributed by atoms with Crippen LogP contribution in [0.1, 0.15) is 20.8 Å². The van der Waals surface area contributed by atoms with Gasteiger partial charge in [-0.05, 0) is 30.0 Å². The van der Waals surface area contributed by atoms with E-state index < -0.39 is 0 Å². The molecule has 2 aromatic rings. The number of anilines is 1. The van der Waals surface area contributed by atoms with E-state index in [4.69, 9.17) is 15.7 Å². The van der Waals surface area contributed by atoms with Gasteiger partial charge in [-0.2, -0.15) is 0 Å². The van der Waals surface area contributed by atoms with Crippen molar-refractivity contribution in [2.45, 2.75) is 6.92 Å². The minimum atomic E-state index is -0.262. The van der Waals surface area contributed by atoms with E-state index in [1.807, 2.05) is 6.92 Å². The molecular weight excluding hydrogens is 290 g/mol. The van der Waals surface area contributed by atoms with Crippen molar-refractivity contribution in [3.8, 4) is 5.75 Å². The van der Waals surface area contributed by atoms with Crippen LogP contribution in [0.4, 0.5) is 5.69 Å². The number of methoxy groups -OCH3 is 1. The first-order valence-electron chi connectivity index (χ1n) is 6.08. The Labute approximate surface area is 125 Å². The number of rotatable bonds is 4. The van der Waals surface area contributed by atoms with Crippen LogP contribution in [0.2, 0.25) is 0 Å². The van der Waals surface area contributed by atoms with Gasteiger partial charge in [-0.15, -0.1) is 11.3 Å². The summed E-state index contributed by atoms with van der Waals surface area (Å²) in [4.78, 5) is 12.8. The highest BCUT2D eigenvalue weighted by molar-refractivity contribution is 7.12. The van der Waals surface area contributed by atoms with Crippen LogP contribution in [-0.2, 0) is 0 Å². The van der Waals surface area contributed by atoms with Gasteiger partial charge in [0.2, 0.25) is 0 Å². The van der Waals surface area contributed by atoms with Gasteiger partial charge in [0, 0.05) is 11.3 Å². The molecule has 6 nitrogen and oxygen atoms in total. The molecule has 0 bridgehead atoms. The molecule has 0 aliphatic carbocycles. The Kier molecular flexibility index (Phi) is 4.44. The summed E-state index contributed by atoms with van der Waals surface area (Å²) < 4.78 is 5.13. The number of oxime groups is 1. The third-order valence-electron chi connectivity index (χ3n) is 2.94. The lowest BCUT2D eigenvalue weighted by atomic mass is 10.1. The minimum Gasteiger partial charge on any atom is -0.495 e. The highest BCUT2D eigenvalue weighted by Crippen LogP contribution is 2.26. The highest BCUT2D eigenvalue weighted by atomic mass is 32.1. The Hall–Kier alpha value is -2.54. The summed E-state index contributed by atoms with van der Waals surface area (Å²) in [6.45, 7) is 1.86. The number of thiophene rings is 1. The average Bonchev–Trinajstić information content (AvgIpc) is 2.97. The van der Waals surface area contributed by atoms with Crippen LogP contribution in [0.25, 0.3) is 0 Å². The molecule has 110 valence electrons. The largest absolute Gasteiger partial charge is 0.495 e. The second kappa shape index (κ2) is 6.27. The maximum absolute atomic E-state index is 12.3. The maximum Gasteiger partial charge on any atom is 0.269 e. The summed E-state index contributed by atoms with van der Waals surface area (Å²) in [6, 6.07) is 6.89. The number of carbonyl (C=O) groups excluding carboxylic acids is 1. The number of hydrogen-bond donors (Lipinski definition) is 3. The third kappa shape index (κ3) is 3.14. The molecule has 0 aliphatic rings. The van der Waals surface area contributed by atoms with E-state index >= 15 is 0 Å². The van der Waals surface area contributed by atoms with Gasteiger partial charge < -0.3 is 21.0 Å². The van der Waals surface area contributed by atoms with Crippen molar-refractivity contribution in [2.75, 3.05) is 12.4 Å². The molecule has 0 unspecified atom stereocenters. The quantitative estimate of drug-likeness (QED) is 0.350. The van der Waals surface area contributed by atoms with Crippen LogP contribution in [-0.4, -0.2) is 24.1 Å². The fourth-order valence-corrected chi connectivity index (χ4v) is 2.53. The second-order valence-corrected chi connectivity index (χ2v) is 5.20. The molecule has 0 saturated carbocycles. The van der Waals surface area contributed by atoms with E-state index in [-0.39, 0.29) is 11.7 Å². The Bertz CT molecular complexity index is 695. The number of amides is 1. The smallest absolute Gasteiger partial charge is 0.269 e. The van der Waals surface area contributed by atoms with Gasteiger partial charge in [-0.1, -0.05) is 17.3 Å². The number of nitrogens with two attached hydrogens (primary N) is 1. The van der Waals surface area contributed by atoms with Crippen LogP contribution in [0.5, 0.6) is 5.75 Å². The van der Waals surface area contributed by atoms with E-state index in [9.17, 15) is 4.79 Å². The summed E-state index contributed by atoms with van der Waals surface area (Å²) in [5.74, 6) is 0.253. The van der Waals surface area contributed by atoms with Crippen LogP contribution in [0.15, 0.2) is 34.8 Å². The summed E-state index contributed by atoms with van der Waals surface area (Å²) >= 11 is 1.30. The van der Waals surface area contributed by atoms with Crippen molar-refractivity contribution in [3.05, 3.63) is 45.6 Å². The third-order valence-corrected chi connectivity index (χ3v) is 3.84. The van der Waals surface area contributed by atoms with E-state index in [0.29, 0.717) is 21.9 Å². The van der Waals surface area contributed by atoms with Gasteiger partial charge in [0.1, 0.15) is 10.6 Å². The van der Waals surface area contributed by atoms with Crippen molar-refractivity contribution in [1.29, 1.82) is 0 Å². The normalized spacial score (nSPS) is 11.2. The van der Waals surface area contributed by atoms with E-state index in [1.54, 1.807) is 29.6 Å². The van der Waals surface area contributed by atoms with Gasteiger partial charge in [-0.25, -0.2) is 0 Å². The molecule has 0 atom stereocenters. The zero-order chi connectivity index (χ0) is 15.4. The fourth-order valence-electron chi connectivity index (χ4n) is 1.78. The molecule has 0 aliphatic heterocycles. The van der Waals surface area contributed by atoms with E-state index in [2.05, 4.69) is 10.5 Å². The average molecular weight is 305 g/mol. The standard InChI is InChI=1S/C14H15N3O3S/c1-8-3-4-9(13(15)17-19)7-10(8)16-14(18)12-11(20-2)5-6-21-12/h3-7,19H,1-2H3,(H2,15,17)(H,16,18). The number of aryl methyl sites for hydroxylation is 1. The molecule has 0 radical (unpaired) electrons. The summed E-state index contributed by atoms with van der Waals surface area (Å²) in [7, 11) is 1.52. The highest BCUT2D eigenvalue weighted by Gasteiger charge is 2.15. The lowest BCUT2D eigenvalue weighted by Gasteiger charge is -2.10. The molecule has 0 fully saturated rings. The first-order chi connectivity index (χ1) is 10.1. The number of ether oxygens (including phenoxy) is 1. The van der Waals surface area contributed by atoms with Gasteiger partial charge in [0.15, 0.2) is 5.84 Å². The predicted octanol–water partition coefficient (Wildman–Crippen LogP) is 2.41. The predicted molar refractivity (Wildman–Crippen MR) is 82.5 cm³/mol. The van der Waals surface area contributed by atoms with Crippen molar-refractivity contribution in [2.24, 2.45) is 10.9 Å². The molecule has 7 heteroatoms. The zero-order valence-corrected chi connectivity index (χ0v) is 12.4. The molecule has 2 rings (SSSR count). The van der Waals surface area contributed by atoms with Crippen LogP contribution >= 0.6 is 11.3 Å². The van der Waals surface area contributed by atoms with Gasteiger partial charge in [-0.3, -0.25) is 4.79 Å². The van der Waals surface area contributed by atoms with Crippen molar-refractivity contribution < 1.29 is 14.7 Å². The number of hydrogen-bond acceptors (Lipinski definition) is 5. The first kappa shape index (κ1) is 14.9. The number of carbonyl (C=O) groups is 1. The lowest BCUT2D eigenvalue weighted by Crippen LogP contribution is -2.16. The zero-order valence-electron chi connectivity index (χ0n) is 11.6. The van der Waals surface area contributed by atoms with Gasteiger partial charge in [0.05, 0.1) is 7.11 Å². The van der Waals surface area contributed by atoms with Gasteiger partial charge in [0.25, 0.3) is 5.91 Å². The molecule has 21 heavy (non-hydrogen) atoms. The molecule has 1 aromatic carbocycles. The Morgan fingerprint density at radius 1 is 1.43 bits per heavy atom.